The Hall–Kier alpha value is -3.01. The number of rotatable bonds is 9. The van der Waals surface area contributed by atoms with Crippen LogP contribution < -0.4 is 4.74 Å². The van der Waals surface area contributed by atoms with Gasteiger partial charge in [-0.25, -0.2) is 4.98 Å². The van der Waals surface area contributed by atoms with Crippen LogP contribution >= 0.6 is 0 Å². The van der Waals surface area contributed by atoms with Gasteiger partial charge in [0, 0.05) is 55.3 Å². The van der Waals surface area contributed by atoms with Crippen molar-refractivity contribution in [1.82, 2.24) is 4.98 Å². The summed E-state index contributed by atoms with van der Waals surface area (Å²) in [5, 5.41) is 14.3. The van der Waals surface area contributed by atoms with E-state index in [0.29, 0.717) is 11.6 Å². The van der Waals surface area contributed by atoms with E-state index in [1.54, 1.807) is 6.20 Å². The predicted octanol–water partition coefficient (Wildman–Crippen LogP) is 9.46. The minimum Gasteiger partial charge on any atom is -0.512 e. The number of carbonyl (C=O) groups is 1. The van der Waals surface area contributed by atoms with E-state index in [2.05, 4.69) is 49.2 Å². The van der Waals surface area contributed by atoms with Crippen molar-refractivity contribution in [3.05, 3.63) is 89.8 Å². The maximum atomic E-state index is 11.7. The number of aliphatic hydroxyl groups is 1. The van der Waals surface area contributed by atoms with E-state index in [1.807, 2.05) is 58.0 Å². The number of ether oxygens (including phenoxy) is 1. The van der Waals surface area contributed by atoms with E-state index in [9.17, 15) is 9.90 Å². The van der Waals surface area contributed by atoms with Crippen molar-refractivity contribution in [3.8, 4) is 11.6 Å². The maximum absolute atomic E-state index is 11.7. The number of hydrogen-bond donors (Lipinski definition) is 1. The molecule has 1 radical (unpaired) electrons. The Bertz CT molecular complexity index is 1390. The second kappa shape index (κ2) is 15.5. The molecule has 0 aliphatic carbocycles. The number of aryl methyl sites for hydroxylation is 2. The molecule has 0 spiro atoms. The first-order chi connectivity index (χ1) is 18.3. The third kappa shape index (κ3) is 8.49. The van der Waals surface area contributed by atoms with Crippen LogP contribution in [0.25, 0.3) is 21.5 Å². The van der Waals surface area contributed by atoms with Crippen LogP contribution in [-0.2, 0) is 24.9 Å². The molecule has 0 bridgehead atoms. The summed E-state index contributed by atoms with van der Waals surface area (Å²) in [7, 11) is 0. The number of nitrogens with zero attached hydrogens (tertiary/aromatic N) is 1. The Kier molecular flexibility index (Phi) is 12.8. The quantitative estimate of drug-likeness (QED) is 0.0818. The number of hydrogen-bond acceptors (Lipinski definition) is 4. The second-order valence-corrected chi connectivity index (χ2v) is 9.80. The van der Waals surface area contributed by atoms with Gasteiger partial charge in [-0.3, -0.25) is 4.79 Å². The molecule has 0 aliphatic heterocycles. The number of allylic oxidation sites excluding steroid dienone is 2. The van der Waals surface area contributed by atoms with Crippen molar-refractivity contribution in [2.75, 3.05) is 0 Å². The van der Waals surface area contributed by atoms with Gasteiger partial charge in [0.25, 0.3) is 0 Å². The number of pyridine rings is 1. The van der Waals surface area contributed by atoms with Gasteiger partial charge in [0.15, 0.2) is 5.78 Å². The minimum absolute atomic E-state index is 0. The van der Waals surface area contributed by atoms with Gasteiger partial charge in [-0.1, -0.05) is 39.8 Å². The fraction of sp³-hybridized carbons (Fsp3) is 0.353. The van der Waals surface area contributed by atoms with E-state index in [4.69, 9.17) is 4.74 Å². The Morgan fingerprint density at radius 1 is 0.897 bits per heavy atom. The van der Waals surface area contributed by atoms with Crippen LogP contribution in [0.4, 0.5) is 0 Å². The van der Waals surface area contributed by atoms with E-state index in [1.165, 1.54) is 28.0 Å². The standard InChI is InChI=1S/C21H16NO.C13H24O2.Ir/c1-14-10-17-12-16-8-9-22-21(23-19-6-4-3-5-7-19)20(16)13-18(17)11-15(14)2;1-5-10(6-2)12(14)9-13(15)11(7-3)8-4;/h3-6,8-13H,1-2H3;9-11,14H,5-8H2,1-4H3;/q-1;;/b;12-9-;. The van der Waals surface area contributed by atoms with Crippen LogP contribution in [0, 0.1) is 31.7 Å². The molecule has 1 aromatic heterocycles. The molecule has 0 saturated heterocycles. The van der Waals surface area contributed by atoms with Crippen molar-refractivity contribution in [2.45, 2.75) is 67.2 Å². The van der Waals surface area contributed by atoms with Crippen LogP contribution in [0.2, 0.25) is 0 Å². The Labute approximate surface area is 246 Å². The summed E-state index contributed by atoms with van der Waals surface area (Å²) in [6, 6.07) is 21.5. The molecule has 0 saturated carbocycles. The molecule has 4 nitrogen and oxygen atoms in total. The van der Waals surface area contributed by atoms with Crippen LogP contribution in [0.1, 0.15) is 64.5 Å². The molecule has 0 amide bonds. The van der Waals surface area contributed by atoms with Gasteiger partial charge in [-0.05, 0) is 85.0 Å². The fourth-order valence-corrected chi connectivity index (χ4v) is 4.58. The van der Waals surface area contributed by atoms with Crippen LogP contribution in [0.5, 0.6) is 11.6 Å². The number of ketones is 1. The van der Waals surface area contributed by atoms with Crippen molar-refractivity contribution in [2.24, 2.45) is 11.8 Å². The van der Waals surface area contributed by atoms with Crippen molar-refractivity contribution >= 4 is 27.3 Å². The smallest absolute Gasteiger partial charge is 0.224 e. The number of para-hydroxylation sites is 1. The van der Waals surface area contributed by atoms with E-state index >= 15 is 0 Å². The van der Waals surface area contributed by atoms with Gasteiger partial charge in [0.1, 0.15) is 0 Å². The second-order valence-electron chi connectivity index (χ2n) is 9.80. The normalized spacial score (nSPS) is 11.3. The molecule has 3 aromatic carbocycles. The first-order valence-corrected chi connectivity index (χ1v) is 13.7. The molecule has 1 N–H and O–H groups in total. The van der Waals surface area contributed by atoms with Gasteiger partial charge in [0.05, 0.1) is 5.76 Å². The third-order valence-corrected chi connectivity index (χ3v) is 7.27. The molecular weight excluding hydrogens is 663 g/mol. The Morgan fingerprint density at radius 3 is 2.08 bits per heavy atom. The minimum atomic E-state index is 0. The summed E-state index contributed by atoms with van der Waals surface area (Å²) in [6.07, 6.45) is 6.69. The average Bonchev–Trinajstić information content (AvgIpc) is 2.91. The summed E-state index contributed by atoms with van der Waals surface area (Å²) >= 11 is 0. The molecule has 0 aliphatic rings. The average molecular weight is 703 g/mol. The summed E-state index contributed by atoms with van der Waals surface area (Å²) in [5.74, 6) is 1.84. The topological polar surface area (TPSA) is 59.4 Å². The van der Waals surface area contributed by atoms with E-state index in [0.717, 1.165) is 36.5 Å². The van der Waals surface area contributed by atoms with E-state index in [-0.39, 0.29) is 43.5 Å². The molecule has 39 heavy (non-hydrogen) atoms. The molecule has 0 atom stereocenters. The zero-order chi connectivity index (χ0) is 27.7. The molecule has 0 unspecified atom stereocenters. The first-order valence-electron chi connectivity index (χ1n) is 13.7. The first kappa shape index (κ1) is 32.2. The van der Waals surface area contributed by atoms with Gasteiger partial charge in [-0.15, -0.1) is 12.1 Å². The molecule has 4 rings (SSSR count). The van der Waals surface area contributed by atoms with Gasteiger partial charge < -0.3 is 9.84 Å². The molecule has 5 heteroatoms. The molecule has 209 valence electrons. The van der Waals surface area contributed by atoms with Crippen molar-refractivity contribution < 1.29 is 34.7 Å². The van der Waals surface area contributed by atoms with Crippen LogP contribution in [0.3, 0.4) is 0 Å². The number of carbonyl (C=O) groups excluding carboxylic acids is 1. The summed E-state index contributed by atoms with van der Waals surface area (Å²) in [6.45, 7) is 12.4. The van der Waals surface area contributed by atoms with Crippen molar-refractivity contribution in [3.63, 3.8) is 0 Å². The number of aliphatic hydroxyl groups excluding tert-OH is 1. The third-order valence-electron chi connectivity index (χ3n) is 7.27. The maximum Gasteiger partial charge on any atom is 0.224 e. The zero-order valence-corrected chi connectivity index (χ0v) is 26.3. The zero-order valence-electron chi connectivity index (χ0n) is 23.9. The molecule has 4 aromatic rings. The summed E-state index contributed by atoms with van der Waals surface area (Å²) < 4.78 is 5.93. The predicted molar refractivity (Wildman–Crippen MR) is 158 cm³/mol. The van der Waals surface area contributed by atoms with Gasteiger partial charge in [0.2, 0.25) is 5.88 Å². The van der Waals surface area contributed by atoms with Crippen LogP contribution in [-0.4, -0.2) is 15.9 Å². The fourth-order valence-electron chi connectivity index (χ4n) is 4.58. The van der Waals surface area contributed by atoms with Gasteiger partial charge in [-0.2, -0.15) is 18.2 Å². The Balaban J connectivity index is 0.000000294. The van der Waals surface area contributed by atoms with Crippen molar-refractivity contribution in [1.29, 1.82) is 0 Å². The number of benzene rings is 3. The number of fused-ring (bicyclic) bond motifs is 2. The molecule has 0 fully saturated rings. The molecular formula is C34H40IrNO3-. The molecule has 1 heterocycles. The number of aromatic nitrogens is 1. The van der Waals surface area contributed by atoms with Crippen LogP contribution in [0.15, 0.2) is 72.6 Å². The monoisotopic (exact) mass is 703 g/mol. The van der Waals surface area contributed by atoms with E-state index < -0.39 is 0 Å². The summed E-state index contributed by atoms with van der Waals surface area (Å²) in [5.41, 5.74) is 2.60. The SMILES string of the molecule is CCC(CC)C(=O)/C=C(\O)C(CC)CC.Cc1cc2cc3ccnc(Oc4[c-]cccc4)c3cc2cc1C.[Ir]. The van der Waals surface area contributed by atoms with Gasteiger partial charge >= 0.3 is 0 Å². The largest absolute Gasteiger partial charge is 0.512 e. The summed E-state index contributed by atoms with van der Waals surface area (Å²) in [4.78, 5) is 16.1. The Morgan fingerprint density at radius 2 is 1.51 bits per heavy atom.